The maximum absolute atomic E-state index is 14.9. The van der Waals surface area contributed by atoms with Gasteiger partial charge in [-0.25, -0.2) is 0 Å². The second kappa shape index (κ2) is 35.4. The molecular weight excluding hydrogens is 1040 g/mol. The van der Waals surface area contributed by atoms with Gasteiger partial charge >= 0.3 is 0 Å². The minimum Gasteiger partial charge on any atom is -0.488 e. The van der Waals surface area contributed by atoms with Crippen molar-refractivity contribution in [3.63, 3.8) is 0 Å². The second-order valence-electron chi connectivity index (χ2n) is 26.4. The lowest BCUT2D eigenvalue weighted by molar-refractivity contribution is -0.150. The lowest BCUT2D eigenvalue weighted by Crippen LogP contribution is -2.60. The van der Waals surface area contributed by atoms with Crippen LogP contribution in [0.15, 0.2) is 24.3 Å². The average Bonchev–Trinajstić information content (AvgIpc) is 3.98. The van der Waals surface area contributed by atoms with Crippen LogP contribution in [0, 0.1) is 17.8 Å². The van der Waals surface area contributed by atoms with Crippen LogP contribution >= 0.6 is 0 Å². The van der Waals surface area contributed by atoms with Crippen molar-refractivity contribution in [2.75, 3.05) is 13.6 Å². The van der Waals surface area contributed by atoms with E-state index < -0.39 is 118 Å². The molecule has 1 aromatic rings. The van der Waals surface area contributed by atoms with Gasteiger partial charge in [0.1, 0.15) is 41.3 Å². The van der Waals surface area contributed by atoms with E-state index in [0.29, 0.717) is 30.6 Å². The number of benzene rings is 1. The van der Waals surface area contributed by atoms with E-state index in [1.165, 1.54) is 70.7 Å². The molecule has 0 aromatic heterocycles. The van der Waals surface area contributed by atoms with Crippen LogP contribution in [0.3, 0.4) is 0 Å². The largest absolute Gasteiger partial charge is 0.488 e. The van der Waals surface area contributed by atoms with Crippen molar-refractivity contribution < 1.29 is 57.7 Å². The van der Waals surface area contributed by atoms with Crippen molar-refractivity contribution in [3.05, 3.63) is 29.8 Å². The van der Waals surface area contributed by atoms with Gasteiger partial charge in [-0.05, 0) is 132 Å². The predicted octanol–water partition coefficient (Wildman–Crippen LogP) is 8.79. The smallest absolute Gasteiger partial charge is 0.250 e. The number of hydrogen-bond acceptors (Lipinski definition) is 12. The number of ketones is 2. The van der Waals surface area contributed by atoms with Gasteiger partial charge in [0.25, 0.3) is 5.91 Å². The Balaban J connectivity index is 2.35. The van der Waals surface area contributed by atoms with Crippen LogP contribution in [0.1, 0.15) is 225 Å². The number of amides is 6. The highest BCUT2D eigenvalue weighted by Crippen LogP contribution is 2.26. The van der Waals surface area contributed by atoms with Gasteiger partial charge in [-0.2, -0.15) is 0 Å². The summed E-state index contributed by atoms with van der Waals surface area (Å²) in [6, 6.07) is 1.25. The summed E-state index contributed by atoms with van der Waals surface area (Å²) in [4.78, 5) is 113. The van der Waals surface area contributed by atoms with Crippen LogP contribution in [0.2, 0.25) is 0 Å². The van der Waals surface area contributed by atoms with E-state index in [0.717, 1.165) is 25.7 Å². The summed E-state index contributed by atoms with van der Waals surface area (Å²) in [5.41, 5.74) is -1.27. The highest BCUT2D eigenvalue weighted by Gasteiger charge is 2.43. The van der Waals surface area contributed by atoms with Crippen molar-refractivity contribution in [2.45, 2.75) is 292 Å². The van der Waals surface area contributed by atoms with Crippen molar-refractivity contribution in [1.82, 2.24) is 31.5 Å². The summed E-state index contributed by atoms with van der Waals surface area (Å²) >= 11 is 0. The fraction of sp³-hybridized carbons (Fsp3) is 0.781. The molecule has 10 atom stereocenters. The summed E-state index contributed by atoms with van der Waals surface area (Å²) in [6.45, 7) is 29.5. The highest BCUT2D eigenvalue weighted by molar-refractivity contribution is 5.97. The van der Waals surface area contributed by atoms with Crippen LogP contribution in [-0.2, 0) is 54.3 Å². The first kappa shape index (κ1) is 73.2. The fourth-order valence-corrected chi connectivity index (χ4v) is 10.4. The molecule has 1 heterocycles. The monoisotopic (exact) mass is 1150 g/mol. The SMILES string of the molecule is CCCCCCCCCCCCCC(=O)C[C@@H](CC(C)C)C(=O)N[C@H](C(=O)N1CCC[C@@H]1C(=O)N[C@H](C(=O)C[C@@H](C)C(=O)N[C@@H](Cc1ccc(OC(C)(C)C)cc1)C(=O)NC(C)C(O)C(=O)NC)C(C)OC(C)(C)C)C(C)OC(C)(C)C. The zero-order chi connectivity index (χ0) is 62.1. The van der Waals surface area contributed by atoms with Gasteiger partial charge in [0.15, 0.2) is 11.9 Å². The van der Waals surface area contributed by atoms with E-state index in [1.54, 1.807) is 58.9 Å². The van der Waals surface area contributed by atoms with Crippen LogP contribution in [-0.4, -0.2) is 136 Å². The van der Waals surface area contributed by atoms with Gasteiger partial charge in [0.05, 0.1) is 29.5 Å². The number of hydrogen-bond donors (Lipinski definition) is 6. The first-order chi connectivity index (χ1) is 38.2. The number of nitrogens with one attached hydrogen (secondary N) is 5. The van der Waals surface area contributed by atoms with Crippen molar-refractivity contribution in [2.24, 2.45) is 17.8 Å². The first-order valence-electron chi connectivity index (χ1n) is 30.8. The lowest BCUT2D eigenvalue weighted by Gasteiger charge is -2.36. The number of carbonyl (C=O) groups excluding carboxylic acids is 8. The molecule has 1 saturated heterocycles. The second-order valence-corrected chi connectivity index (χ2v) is 26.4. The Kier molecular flexibility index (Phi) is 31.6. The Morgan fingerprint density at radius 2 is 1.17 bits per heavy atom. The molecule has 6 amide bonds. The van der Waals surface area contributed by atoms with Crippen LogP contribution < -0.4 is 31.3 Å². The molecular formula is C64H110N6O12. The molecule has 0 radical (unpaired) electrons. The van der Waals surface area contributed by atoms with Crippen LogP contribution in [0.5, 0.6) is 5.75 Å². The number of aliphatic hydroxyl groups excluding tert-OH is 1. The maximum atomic E-state index is 14.9. The number of unbranched alkanes of at least 4 members (excludes halogenated alkanes) is 10. The summed E-state index contributed by atoms with van der Waals surface area (Å²) in [5.74, 6) is -5.15. The van der Waals surface area contributed by atoms with Crippen LogP contribution in [0.4, 0.5) is 0 Å². The van der Waals surface area contributed by atoms with Crippen molar-refractivity contribution in [3.8, 4) is 5.75 Å². The van der Waals surface area contributed by atoms with E-state index in [4.69, 9.17) is 14.2 Å². The first-order valence-corrected chi connectivity index (χ1v) is 30.8. The Bertz CT molecular complexity index is 2160. The third-order valence-electron chi connectivity index (χ3n) is 14.5. The molecule has 18 nitrogen and oxygen atoms in total. The quantitative estimate of drug-likeness (QED) is 0.0342. The standard InChI is InChI=1S/C64H110N6O12/c1-18-19-20-21-22-23-24-25-26-27-28-30-48(71)40-47(37-41(2)3)57(75)69-54(45(7)81-63(11,12)13)61(79)70-36-29-31-51(70)59(77)68-53(44(6)80-62(8,9)10)52(72)38-42(4)56(74)67-50(58(76)66-43(5)55(73)60(78)65-17)39-46-32-34-49(35-33-46)82-64(14,15)16/h32-35,41-45,47,50-51,53-55,73H,18-31,36-40H2,1-17H3,(H,65,78)(H,66,76)(H,67,74)(H,68,77)(H,69,75)/t42-,43?,44?,45?,47-,50+,51-,53+,54+,55?/m1/s1. The van der Waals surface area contributed by atoms with Crippen molar-refractivity contribution >= 4 is 47.0 Å². The van der Waals surface area contributed by atoms with E-state index in [1.807, 2.05) is 55.4 Å². The molecule has 82 heavy (non-hydrogen) atoms. The summed E-state index contributed by atoms with van der Waals surface area (Å²) < 4.78 is 18.5. The van der Waals surface area contributed by atoms with E-state index in [9.17, 15) is 43.5 Å². The Hall–Kier alpha value is -4.94. The average molecular weight is 1160 g/mol. The van der Waals surface area contributed by atoms with Gasteiger partial charge in [0.2, 0.25) is 29.5 Å². The fourth-order valence-electron chi connectivity index (χ4n) is 10.4. The number of ether oxygens (including phenoxy) is 3. The molecule has 0 aliphatic carbocycles. The Morgan fingerprint density at radius 3 is 1.68 bits per heavy atom. The number of aliphatic hydroxyl groups is 1. The van der Waals surface area contributed by atoms with Crippen molar-refractivity contribution in [1.29, 1.82) is 0 Å². The Morgan fingerprint density at radius 1 is 0.634 bits per heavy atom. The topological polar surface area (TPSA) is 248 Å². The summed E-state index contributed by atoms with van der Waals surface area (Å²) in [7, 11) is 1.36. The molecule has 2 rings (SSSR count). The van der Waals surface area contributed by atoms with Gasteiger partial charge in [-0.15, -0.1) is 0 Å². The minimum atomic E-state index is -1.58. The molecule has 0 saturated carbocycles. The molecule has 1 aliphatic heterocycles. The number of likely N-dealkylation sites (N-methyl/N-ethyl adjacent to an activating group) is 1. The third kappa shape index (κ3) is 28.1. The molecule has 1 aliphatic rings. The molecule has 4 unspecified atom stereocenters. The van der Waals surface area contributed by atoms with E-state index >= 15 is 0 Å². The Labute approximate surface area is 493 Å². The number of nitrogens with zero attached hydrogens (tertiary/aromatic N) is 1. The number of carbonyl (C=O) groups is 8. The lowest BCUT2D eigenvalue weighted by atomic mass is 9.90. The molecule has 0 bridgehead atoms. The van der Waals surface area contributed by atoms with E-state index in [2.05, 4.69) is 33.5 Å². The van der Waals surface area contributed by atoms with E-state index in [-0.39, 0.29) is 43.9 Å². The number of rotatable bonds is 37. The van der Waals surface area contributed by atoms with Gasteiger partial charge < -0.3 is 50.8 Å². The highest BCUT2D eigenvalue weighted by atomic mass is 16.5. The summed E-state index contributed by atoms with van der Waals surface area (Å²) in [5, 5.41) is 24.2. The normalized spacial score (nSPS) is 17.3. The van der Waals surface area contributed by atoms with Gasteiger partial charge in [-0.1, -0.05) is 104 Å². The molecule has 1 fully saturated rings. The molecule has 1 aromatic carbocycles. The van der Waals surface area contributed by atoms with Gasteiger partial charge in [-0.3, -0.25) is 38.4 Å². The predicted molar refractivity (Wildman–Crippen MR) is 322 cm³/mol. The summed E-state index contributed by atoms with van der Waals surface area (Å²) in [6.07, 6.45) is 10.8. The van der Waals surface area contributed by atoms with Crippen LogP contribution in [0.25, 0.3) is 0 Å². The molecule has 18 heteroatoms. The molecule has 468 valence electrons. The molecule has 6 N–H and O–H groups in total. The number of likely N-dealkylation sites (tertiary alicyclic amines) is 1. The zero-order valence-electron chi connectivity index (χ0n) is 53.5. The molecule has 0 spiro atoms. The maximum Gasteiger partial charge on any atom is 0.250 e. The number of Topliss-reactive ketones (excluding diaryl/α,β-unsaturated/α-hetero) is 2. The van der Waals surface area contributed by atoms with Gasteiger partial charge in [0, 0.05) is 51.1 Å². The minimum absolute atomic E-state index is 0.00588. The zero-order valence-corrected chi connectivity index (χ0v) is 53.5. The third-order valence-corrected chi connectivity index (χ3v) is 14.5.